The van der Waals surface area contributed by atoms with Gasteiger partial charge in [0.15, 0.2) is 0 Å². The molecule has 0 aliphatic carbocycles. The molecule has 1 amide bonds. The number of hydrogen-bond acceptors (Lipinski definition) is 4. The third-order valence-electron chi connectivity index (χ3n) is 4.68. The zero-order chi connectivity index (χ0) is 20.4. The summed E-state index contributed by atoms with van der Waals surface area (Å²) in [6.07, 6.45) is 0. The van der Waals surface area contributed by atoms with Gasteiger partial charge in [-0.15, -0.1) is 11.8 Å². The molecule has 0 saturated heterocycles. The predicted molar refractivity (Wildman–Crippen MR) is 114 cm³/mol. The van der Waals surface area contributed by atoms with Crippen molar-refractivity contribution >= 4 is 29.3 Å². The highest BCUT2D eigenvalue weighted by molar-refractivity contribution is 8.00. The molecule has 0 bridgehead atoms. The molecule has 1 aliphatic rings. The monoisotopic (exact) mass is 405 g/mol. The van der Waals surface area contributed by atoms with E-state index < -0.39 is 5.97 Å². The minimum Gasteiger partial charge on any atom is -0.478 e. The quantitative estimate of drug-likeness (QED) is 0.606. The van der Waals surface area contributed by atoms with E-state index in [2.05, 4.69) is 11.4 Å². The molecule has 0 spiro atoms. The smallest absolute Gasteiger partial charge is 0.337 e. The van der Waals surface area contributed by atoms with Gasteiger partial charge in [-0.05, 0) is 31.2 Å². The number of carboxylic acid groups (broad SMARTS) is 1. The zero-order valence-corrected chi connectivity index (χ0v) is 16.5. The number of carbonyl (C=O) groups excluding carboxylic acids is 1. The number of aryl methyl sites for hydroxylation is 1. The van der Waals surface area contributed by atoms with Crippen molar-refractivity contribution < 1.29 is 19.4 Å². The van der Waals surface area contributed by atoms with Crippen molar-refractivity contribution in [2.75, 3.05) is 11.1 Å². The lowest BCUT2D eigenvalue weighted by atomic mass is 9.98. The maximum atomic E-state index is 12.6. The Kier molecular flexibility index (Phi) is 5.27. The van der Waals surface area contributed by atoms with Gasteiger partial charge >= 0.3 is 5.97 Å². The van der Waals surface area contributed by atoms with Gasteiger partial charge < -0.3 is 15.2 Å². The van der Waals surface area contributed by atoms with Gasteiger partial charge in [0.2, 0.25) is 5.91 Å². The lowest BCUT2D eigenvalue weighted by Crippen LogP contribution is -2.18. The van der Waals surface area contributed by atoms with Gasteiger partial charge in [-0.1, -0.05) is 48.0 Å². The van der Waals surface area contributed by atoms with Crippen LogP contribution in [0.25, 0.3) is 0 Å². The minimum absolute atomic E-state index is 0.0460. The molecule has 5 nitrogen and oxygen atoms in total. The fourth-order valence-corrected chi connectivity index (χ4v) is 4.47. The first-order valence-corrected chi connectivity index (χ1v) is 10.2. The molecule has 0 saturated carbocycles. The number of ether oxygens (including phenoxy) is 1. The summed E-state index contributed by atoms with van der Waals surface area (Å²) in [6.45, 7) is 2.03. The minimum atomic E-state index is -1.07. The van der Waals surface area contributed by atoms with E-state index in [9.17, 15) is 14.7 Å². The standard InChI is InChI=1S/C23H19NO4S/c1-14-10-11-20-17(12-14)22(16-7-3-5-9-19(16)28-20)29-13-21(25)24-18-8-4-2-6-15(18)23(26)27/h2-12,22H,13H2,1H3,(H,24,25)(H,26,27). The molecular formula is C23H19NO4S. The molecule has 1 atom stereocenters. The van der Waals surface area contributed by atoms with Crippen LogP contribution < -0.4 is 10.1 Å². The molecule has 0 radical (unpaired) electrons. The van der Waals surface area contributed by atoms with Crippen LogP contribution in [0.4, 0.5) is 5.69 Å². The second-order valence-electron chi connectivity index (χ2n) is 6.77. The Morgan fingerprint density at radius 1 is 1.00 bits per heavy atom. The van der Waals surface area contributed by atoms with Crippen LogP contribution in [0, 0.1) is 6.92 Å². The Balaban J connectivity index is 1.55. The van der Waals surface area contributed by atoms with E-state index in [1.54, 1.807) is 18.2 Å². The maximum absolute atomic E-state index is 12.6. The molecule has 2 N–H and O–H groups in total. The Morgan fingerprint density at radius 3 is 2.55 bits per heavy atom. The molecule has 4 rings (SSSR count). The number of hydrogen-bond donors (Lipinski definition) is 2. The number of amides is 1. The van der Waals surface area contributed by atoms with Gasteiger partial charge in [-0.25, -0.2) is 4.79 Å². The van der Waals surface area contributed by atoms with Crippen LogP contribution in [0.15, 0.2) is 66.7 Å². The largest absolute Gasteiger partial charge is 0.478 e. The van der Waals surface area contributed by atoms with Crippen molar-refractivity contribution in [1.29, 1.82) is 0 Å². The normalized spacial score (nSPS) is 14.3. The average molecular weight is 405 g/mol. The first-order valence-electron chi connectivity index (χ1n) is 9.14. The Labute approximate surface area is 172 Å². The van der Waals surface area contributed by atoms with Crippen LogP contribution in [-0.4, -0.2) is 22.7 Å². The average Bonchev–Trinajstić information content (AvgIpc) is 2.71. The summed E-state index contributed by atoms with van der Waals surface area (Å²) >= 11 is 1.49. The van der Waals surface area contributed by atoms with Gasteiger partial charge in [0, 0.05) is 11.1 Å². The number of aromatic carboxylic acids is 1. The number of fused-ring (bicyclic) bond motifs is 2. The lowest BCUT2D eigenvalue weighted by Gasteiger charge is -2.28. The summed E-state index contributed by atoms with van der Waals surface area (Å²) in [6, 6.07) is 20.3. The Morgan fingerprint density at radius 2 is 1.72 bits per heavy atom. The van der Waals surface area contributed by atoms with E-state index in [4.69, 9.17) is 4.74 Å². The van der Waals surface area contributed by atoms with Crippen molar-refractivity contribution in [2.45, 2.75) is 12.2 Å². The second-order valence-corrected chi connectivity index (χ2v) is 7.86. The number of nitrogens with one attached hydrogen (secondary N) is 1. The molecule has 1 aliphatic heterocycles. The number of benzene rings is 3. The summed E-state index contributed by atoms with van der Waals surface area (Å²) in [7, 11) is 0. The van der Waals surface area contributed by atoms with Crippen LogP contribution in [0.2, 0.25) is 0 Å². The first-order chi connectivity index (χ1) is 14.0. The molecule has 1 heterocycles. The van der Waals surface area contributed by atoms with E-state index in [0.29, 0.717) is 5.69 Å². The van der Waals surface area contributed by atoms with E-state index >= 15 is 0 Å². The third-order valence-corrected chi connectivity index (χ3v) is 5.95. The molecule has 146 valence electrons. The van der Waals surface area contributed by atoms with E-state index in [1.807, 2.05) is 43.3 Å². The summed E-state index contributed by atoms with van der Waals surface area (Å²) in [5.41, 5.74) is 3.55. The van der Waals surface area contributed by atoms with Crippen LogP contribution in [-0.2, 0) is 4.79 Å². The van der Waals surface area contributed by atoms with Crippen molar-refractivity contribution in [3.05, 3.63) is 89.0 Å². The van der Waals surface area contributed by atoms with Crippen molar-refractivity contribution in [3.63, 3.8) is 0 Å². The Bertz CT molecular complexity index is 1100. The molecule has 0 fully saturated rings. The van der Waals surface area contributed by atoms with Crippen LogP contribution >= 0.6 is 11.8 Å². The van der Waals surface area contributed by atoms with Gasteiger partial charge in [0.1, 0.15) is 11.5 Å². The van der Waals surface area contributed by atoms with Gasteiger partial charge in [0.25, 0.3) is 0 Å². The van der Waals surface area contributed by atoms with Crippen molar-refractivity contribution in [3.8, 4) is 11.5 Å². The molecule has 29 heavy (non-hydrogen) atoms. The van der Waals surface area contributed by atoms with Crippen LogP contribution in [0.3, 0.4) is 0 Å². The number of rotatable bonds is 5. The molecule has 6 heteroatoms. The predicted octanol–water partition coefficient (Wildman–Crippen LogP) is 5.26. The van der Waals surface area contributed by atoms with Gasteiger partial charge in [-0.3, -0.25) is 4.79 Å². The Hall–Kier alpha value is -3.25. The van der Waals surface area contributed by atoms with Crippen LogP contribution in [0.1, 0.15) is 32.3 Å². The third kappa shape index (κ3) is 3.98. The highest BCUT2D eigenvalue weighted by atomic mass is 32.2. The summed E-state index contributed by atoms with van der Waals surface area (Å²) < 4.78 is 6.03. The highest BCUT2D eigenvalue weighted by Crippen LogP contribution is 2.49. The van der Waals surface area contributed by atoms with Crippen molar-refractivity contribution in [1.82, 2.24) is 0 Å². The van der Waals surface area contributed by atoms with Crippen LogP contribution in [0.5, 0.6) is 11.5 Å². The lowest BCUT2D eigenvalue weighted by molar-refractivity contribution is -0.113. The van der Waals surface area contributed by atoms with E-state index in [1.165, 1.54) is 17.8 Å². The van der Waals surface area contributed by atoms with E-state index in [0.717, 1.165) is 28.2 Å². The molecular weight excluding hydrogens is 386 g/mol. The molecule has 3 aromatic carbocycles. The summed E-state index contributed by atoms with van der Waals surface area (Å²) in [5.74, 6) is 0.444. The number of anilines is 1. The second kappa shape index (κ2) is 8.01. The molecule has 1 unspecified atom stereocenters. The van der Waals surface area contributed by atoms with Crippen molar-refractivity contribution in [2.24, 2.45) is 0 Å². The summed E-state index contributed by atoms with van der Waals surface area (Å²) in [4.78, 5) is 23.9. The fraction of sp³-hybridized carbons (Fsp3) is 0.130. The highest BCUT2D eigenvalue weighted by Gasteiger charge is 2.28. The topological polar surface area (TPSA) is 75.6 Å². The number of para-hydroxylation sites is 2. The number of carbonyl (C=O) groups is 2. The van der Waals surface area contributed by atoms with E-state index in [-0.39, 0.29) is 22.5 Å². The fourth-order valence-electron chi connectivity index (χ4n) is 3.35. The SMILES string of the molecule is Cc1ccc2c(c1)C(SCC(=O)Nc1ccccc1C(=O)O)c1ccccc1O2. The zero-order valence-electron chi connectivity index (χ0n) is 15.7. The number of thioether (sulfide) groups is 1. The van der Waals surface area contributed by atoms with Gasteiger partial charge in [-0.2, -0.15) is 0 Å². The maximum Gasteiger partial charge on any atom is 0.337 e. The van der Waals surface area contributed by atoms with Gasteiger partial charge in [0.05, 0.1) is 22.3 Å². The molecule has 3 aromatic rings. The molecule has 0 aromatic heterocycles. The summed E-state index contributed by atoms with van der Waals surface area (Å²) in [5, 5.41) is 12.0. The number of carboxylic acids is 1. The first kappa shape index (κ1) is 19.1.